The standard InChI is InChI=1S/C21H30N4O3/c1-14-11-12-15-9-7-8-10-16(15)25(14)13-17-22-18(24-28-17)21(5,6)23-19(26)27-20(2,3)4/h7-10,14H,11-13H2,1-6H3,(H,23,26). The van der Waals surface area contributed by atoms with Crippen LogP contribution in [0.15, 0.2) is 28.8 Å². The van der Waals surface area contributed by atoms with Gasteiger partial charge in [0.05, 0.1) is 6.54 Å². The summed E-state index contributed by atoms with van der Waals surface area (Å²) in [5, 5.41) is 6.91. The number of amides is 1. The molecule has 28 heavy (non-hydrogen) atoms. The number of hydrogen-bond acceptors (Lipinski definition) is 6. The van der Waals surface area contributed by atoms with E-state index in [1.807, 2.05) is 34.6 Å². The van der Waals surface area contributed by atoms with Crippen molar-refractivity contribution in [1.82, 2.24) is 15.5 Å². The normalized spacial score (nSPS) is 17.2. The van der Waals surface area contributed by atoms with Crippen LogP contribution < -0.4 is 10.2 Å². The van der Waals surface area contributed by atoms with Crippen molar-refractivity contribution in [2.45, 2.75) is 78.1 Å². The average molecular weight is 386 g/mol. The number of anilines is 1. The summed E-state index contributed by atoms with van der Waals surface area (Å²) >= 11 is 0. The summed E-state index contributed by atoms with van der Waals surface area (Å²) in [6.07, 6.45) is 1.65. The zero-order valence-corrected chi connectivity index (χ0v) is 17.6. The molecular formula is C21H30N4O3. The third kappa shape index (κ3) is 4.64. The highest BCUT2D eigenvalue weighted by Gasteiger charge is 2.32. The molecule has 1 aliphatic heterocycles. The van der Waals surface area contributed by atoms with Gasteiger partial charge in [0.15, 0.2) is 5.82 Å². The van der Waals surface area contributed by atoms with Gasteiger partial charge >= 0.3 is 6.09 Å². The lowest BCUT2D eigenvalue weighted by Crippen LogP contribution is -2.44. The number of carbonyl (C=O) groups is 1. The zero-order valence-electron chi connectivity index (χ0n) is 17.6. The number of rotatable bonds is 4. The van der Waals surface area contributed by atoms with Gasteiger partial charge < -0.3 is 19.5 Å². The molecule has 3 rings (SSSR count). The molecule has 1 unspecified atom stereocenters. The molecule has 0 saturated heterocycles. The largest absolute Gasteiger partial charge is 0.444 e. The summed E-state index contributed by atoms with van der Waals surface area (Å²) in [6.45, 7) is 11.9. The quantitative estimate of drug-likeness (QED) is 0.849. The molecule has 1 aromatic heterocycles. The molecule has 1 amide bonds. The maximum Gasteiger partial charge on any atom is 0.408 e. The highest BCUT2D eigenvalue weighted by Crippen LogP contribution is 2.31. The molecule has 0 radical (unpaired) electrons. The zero-order chi connectivity index (χ0) is 20.5. The monoisotopic (exact) mass is 386 g/mol. The molecule has 0 spiro atoms. The SMILES string of the molecule is CC1CCc2ccccc2N1Cc1nc(C(C)(C)NC(=O)OC(C)(C)C)no1. The predicted molar refractivity (Wildman–Crippen MR) is 107 cm³/mol. The van der Waals surface area contributed by atoms with Gasteiger partial charge in [-0.05, 0) is 66.0 Å². The smallest absolute Gasteiger partial charge is 0.408 e. The molecule has 7 nitrogen and oxygen atoms in total. The van der Waals surface area contributed by atoms with E-state index in [4.69, 9.17) is 9.26 Å². The lowest BCUT2D eigenvalue weighted by molar-refractivity contribution is 0.0465. The fourth-order valence-corrected chi connectivity index (χ4v) is 3.33. The van der Waals surface area contributed by atoms with Crippen molar-refractivity contribution >= 4 is 11.8 Å². The molecule has 2 aromatic rings. The van der Waals surface area contributed by atoms with Gasteiger partial charge in [-0.3, -0.25) is 0 Å². The number of alkyl carbamates (subject to hydrolysis) is 1. The van der Waals surface area contributed by atoms with Gasteiger partial charge in [0.1, 0.15) is 11.1 Å². The number of ether oxygens (including phenoxy) is 1. The number of aryl methyl sites for hydroxylation is 1. The van der Waals surface area contributed by atoms with E-state index in [0.29, 0.717) is 24.3 Å². The van der Waals surface area contributed by atoms with E-state index in [2.05, 4.69) is 51.5 Å². The maximum atomic E-state index is 12.1. The van der Waals surface area contributed by atoms with E-state index < -0.39 is 17.2 Å². The number of para-hydroxylation sites is 1. The Kier molecular flexibility index (Phi) is 5.37. The van der Waals surface area contributed by atoms with Crippen LogP contribution in [0.5, 0.6) is 0 Å². The van der Waals surface area contributed by atoms with E-state index in [-0.39, 0.29) is 0 Å². The van der Waals surface area contributed by atoms with E-state index in [9.17, 15) is 4.79 Å². The summed E-state index contributed by atoms with van der Waals surface area (Å²) in [5.41, 5.74) is 1.18. The van der Waals surface area contributed by atoms with Crippen LogP contribution in [-0.4, -0.2) is 27.9 Å². The Hall–Kier alpha value is -2.57. The predicted octanol–water partition coefficient (Wildman–Crippen LogP) is 4.17. The molecule has 1 atom stereocenters. The summed E-state index contributed by atoms with van der Waals surface area (Å²) in [5.74, 6) is 0.948. The topological polar surface area (TPSA) is 80.5 Å². The summed E-state index contributed by atoms with van der Waals surface area (Å²) in [4.78, 5) is 19.0. The number of benzene rings is 1. The van der Waals surface area contributed by atoms with Crippen molar-refractivity contribution in [2.24, 2.45) is 0 Å². The van der Waals surface area contributed by atoms with Gasteiger partial charge in [-0.1, -0.05) is 23.4 Å². The van der Waals surface area contributed by atoms with Crippen LogP contribution in [0.2, 0.25) is 0 Å². The minimum atomic E-state index is -0.810. The average Bonchev–Trinajstić information content (AvgIpc) is 3.05. The second kappa shape index (κ2) is 7.45. The molecule has 0 saturated carbocycles. The minimum absolute atomic E-state index is 0.387. The molecule has 2 heterocycles. The molecule has 0 bridgehead atoms. The van der Waals surface area contributed by atoms with E-state index in [1.165, 1.54) is 11.3 Å². The molecule has 0 fully saturated rings. The van der Waals surface area contributed by atoms with Crippen molar-refractivity contribution in [3.8, 4) is 0 Å². The second-order valence-corrected chi connectivity index (χ2v) is 8.91. The van der Waals surface area contributed by atoms with Crippen LogP contribution in [0.4, 0.5) is 10.5 Å². The van der Waals surface area contributed by atoms with Crippen molar-refractivity contribution in [3.05, 3.63) is 41.5 Å². The first kappa shape index (κ1) is 20.2. The number of fused-ring (bicyclic) bond motifs is 1. The van der Waals surface area contributed by atoms with E-state index >= 15 is 0 Å². The van der Waals surface area contributed by atoms with Crippen LogP contribution >= 0.6 is 0 Å². The highest BCUT2D eigenvalue weighted by molar-refractivity contribution is 5.68. The second-order valence-electron chi connectivity index (χ2n) is 8.91. The first-order valence-electron chi connectivity index (χ1n) is 9.74. The van der Waals surface area contributed by atoms with Gasteiger partial charge in [-0.2, -0.15) is 4.98 Å². The number of nitrogens with zero attached hydrogens (tertiary/aromatic N) is 3. The summed E-state index contributed by atoms with van der Waals surface area (Å²) < 4.78 is 10.8. The van der Waals surface area contributed by atoms with Crippen LogP contribution in [-0.2, 0) is 23.2 Å². The Balaban J connectivity index is 1.73. The molecule has 1 aliphatic rings. The lowest BCUT2D eigenvalue weighted by Gasteiger charge is -2.36. The van der Waals surface area contributed by atoms with Crippen molar-refractivity contribution in [1.29, 1.82) is 0 Å². The van der Waals surface area contributed by atoms with Gasteiger partial charge in [0, 0.05) is 11.7 Å². The molecule has 7 heteroatoms. The number of aromatic nitrogens is 2. The Morgan fingerprint density at radius 1 is 1.29 bits per heavy atom. The van der Waals surface area contributed by atoms with E-state index in [0.717, 1.165) is 12.8 Å². The Morgan fingerprint density at radius 3 is 2.71 bits per heavy atom. The third-order valence-corrected chi connectivity index (χ3v) is 4.81. The van der Waals surface area contributed by atoms with Crippen molar-refractivity contribution in [3.63, 3.8) is 0 Å². The molecule has 1 aromatic carbocycles. The molecule has 0 aliphatic carbocycles. The number of hydrogen-bond donors (Lipinski definition) is 1. The Morgan fingerprint density at radius 2 is 2.00 bits per heavy atom. The third-order valence-electron chi connectivity index (χ3n) is 4.81. The van der Waals surface area contributed by atoms with Crippen LogP contribution in [0.3, 0.4) is 0 Å². The first-order valence-corrected chi connectivity index (χ1v) is 9.74. The summed E-state index contributed by atoms with van der Waals surface area (Å²) in [6, 6.07) is 8.81. The minimum Gasteiger partial charge on any atom is -0.444 e. The van der Waals surface area contributed by atoms with E-state index in [1.54, 1.807) is 0 Å². The van der Waals surface area contributed by atoms with Crippen LogP contribution in [0.25, 0.3) is 0 Å². The molecule has 152 valence electrons. The van der Waals surface area contributed by atoms with Gasteiger partial charge in [-0.25, -0.2) is 4.79 Å². The molecule has 1 N–H and O–H groups in total. The van der Waals surface area contributed by atoms with Crippen molar-refractivity contribution in [2.75, 3.05) is 4.90 Å². The first-order chi connectivity index (χ1) is 13.0. The number of carbonyl (C=O) groups excluding carboxylic acids is 1. The van der Waals surface area contributed by atoms with Gasteiger partial charge in [0.2, 0.25) is 5.89 Å². The highest BCUT2D eigenvalue weighted by atomic mass is 16.6. The Labute approximate surface area is 166 Å². The Bertz CT molecular complexity index is 838. The number of nitrogens with one attached hydrogen (secondary N) is 1. The fraction of sp³-hybridized carbons (Fsp3) is 0.571. The van der Waals surface area contributed by atoms with Crippen LogP contribution in [0, 0.1) is 0 Å². The summed E-state index contributed by atoms with van der Waals surface area (Å²) in [7, 11) is 0. The molecular weight excluding hydrogens is 356 g/mol. The van der Waals surface area contributed by atoms with Gasteiger partial charge in [-0.15, -0.1) is 0 Å². The lowest BCUT2D eigenvalue weighted by atomic mass is 9.97. The van der Waals surface area contributed by atoms with Crippen LogP contribution in [0.1, 0.15) is 65.2 Å². The van der Waals surface area contributed by atoms with Crippen molar-refractivity contribution < 1.29 is 14.1 Å². The van der Waals surface area contributed by atoms with Gasteiger partial charge in [0.25, 0.3) is 0 Å². The maximum absolute atomic E-state index is 12.1. The fourth-order valence-electron chi connectivity index (χ4n) is 3.33.